The lowest BCUT2D eigenvalue weighted by Gasteiger charge is -2.13. The van der Waals surface area contributed by atoms with Crippen LogP contribution in [0.4, 0.5) is 5.00 Å². The second-order valence-electron chi connectivity index (χ2n) is 8.62. The van der Waals surface area contributed by atoms with Crippen LogP contribution in [0.15, 0.2) is 18.2 Å². The second-order valence-corrected chi connectivity index (χ2v) is 9.72. The third-order valence-electron chi connectivity index (χ3n) is 5.98. The van der Waals surface area contributed by atoms with Crippen LogP contribution in [0.1, 0.15) is 61.7 Å². The number of benzene rings is 1. The van der Waals surface area contributed by atoms with E-state index in [0.717, 1.165) is 53.7 Å². The molecule has 9 heteroatoms. The third kappa shape index (κ3) is 5.00. The molecule has 0 spiro atoms. The number of ether oxygens (including phenoxy) is 1. The van der Waals surface area contributed by atoms with Crippen LogP contribution >= 0.6 is 11.3 Å². The molecule has 8 nitrogen and oxygen atoms in total. The van der Waals surface area contributed by atoms with E-state index >= 15 is 0 Å². The van der Waals surface area contributed by atoms with Crippen molar-refractivity contribution in [3.63, 3.8) is 0 Å². The van der Waals surface area contributed by atoms with Gasteiger partial charge in [-0.3, -0.25) is 14.7 Å². The number of nitrogens with one attached hydrogen (secondary N) is 3. The fourth-order valence-electron chi connectivity index (χ4n) is 4.30. The van der Waals surface area contributed by atoms with Crippen LogP contribution in [0.2, 0.25) is 0 Å². The number of carbonyl (C=O) groups is 2. The first kappa shape index (κ1) is 24.0. The molecule has 0 saturated heterocycles. The Morgan fingerprint density at radius 3 is 2.76 bits per heavy atom. The molecule has 0 fully saturated rings. The smallest absolute Gasteiger partial charge is 0.274 e. The number of H-pyrrole nitrogens is 1. The number of aryl methyl sites for hydroxylation is 3. The zero-order valence-corrected chi connectivity index (χ0v) is 20.5. The fraction of sp³-hybridized carbons (Fsp3) is 0.400. The van der Waals surface area contributed by atoms with E-state index in [-0.39, 0.29) is 23.3 Å². The van der Waals surface area contributed by atoms with Crippen molar-refractivity contribution in [1.82, 2.24) is 15.5 Å². The van der Waals surface area contributed by atoms with Crippen LogP contribution in [0.3, 0.4) is 0 Å². The first-order valence-electron chi connectivity index (χ1n) is 11.5. The van der Waals surface area contributed by atoms with Crippen molar-refractivity contribution in [3.8, 4) is 17.0 Å². The monoisotopic (exact) mass is 482 g/mol. The van der Waals surface area contributed by atoms with Gasteiger partial charge < -0.3 is 20.5 Å². The van der Waals surface area contributed by atoms with E-state index in [1.54, 1.807) is 13.2 Å². The molecule has 180 valence electrons. The quantitative estimate of drug-likeness (QED) is 0.356. The highest BCUT2D eigenvalue weighted by Crippen LogP contribution is 2.38. The maximum atomic E-state index is 13.1. The highest BCUT2D eigenvalue weighted by atomic mass is 32.1. The predicted octanol–water partition coefficient (Wildman–Crippen LogP) is 4.36. The van der Waals surface area contributed by atoms with Gasteiger partial charge in [-0.25, -0.2) is 0 Å². The Bertz CT molecular complexity index is 1210. The molecule has 34 heavy (non-hydrogen) atoms. The lowest BCUT2D eigenvalue weighted by atomic mass is 9.95. The van der Waals surface area contributed by atoms with Gasteiger partial charge in [0.1, 0.15) is 16.4 Å². The zero-order chi connectivity index (χ0) is 24.2. The minimum atomic E-state index is -0.380. The van der Waals surface area contributed by atoms with E-state index in [2.05, 4.69) is 20.8 Å². The van der Waals surface area contributed by atoms with Crippen molar-refractivity contribution in [2.24, 2.45) is 0 Å². The number of thiophene rings is 1. The molecule has 0 atom stereocenters. The summed E-state index contributed by atoms with van der Waals surface area (Å²) < 4.78 is 5.05. The molecule has 4 rings (SSSR count). The largest absolute Gasteiger partial charge is 0.507 e. The molecule has 1 aliphatic carbocycles. The molecule has 3 aromatic rings. The number of anilines is 1. The van der Waals surface area contributed by atoms with Crippen molar-refractivity contribution in [2.45, 2.75) is 46.0 Å². The number of nitrogens with zero attached hydrogens (tertiary/aromatic N) is 1. The Hall–Kier alpha value is -3.17. The van der Waals surface area contributed by atoms with Gasteiger partial charge in [-0.15, -0.1) is 11.3 Å². The average molecular weight is 483 g/mol. The van der Waals surface area contributed by atoms with Crippen LogP contribution in [-0.2, 0) is 17.6 Å². The number of aromatic amines is 1. The Kier molecular flexibility index (Phi) is 7.33. The Labute approximate surface area is 202 Å². The van der Waals surface area contributed by atoms with Crippen LogP contribution in [0, 0.1) is 13.8 Å². The van der Waals surface area contributed by atoms with Gasteiger partial charge >= 0.3 is 0 Å². The van der Waals surface area contributed by atoms with Crippen LogP contribution in [0.5, 0.6) is 5.75 Å². The molecule has 1 aliphatic rings. The molecule has 4 N–H and O–H groups in total. The minimum Gasteiger partial charge on any atom is -0.507 e. The van der Waals surface area contributed by atoms with E-state index in [1.165, 1.54) is 11.3 Å². The molecule has 0 radical (unpaired) electrons. The number of carbonyl (C=O) groups excluding carboxylic acids is 2. The molecular formula is C25H30N4O4S. The van der Waals surface area contributed by atoms with Gasteiger partial charge in [0.2, 0.25) is 0 Å². The first-order chi connectivity index (χ1) is 16.4. The maximum absolute atomic E-state index is 13.1. The Morgan fingerprint density at radius 1 is 1.18 bits per heavy atom. The predicted molar refractivity (Wildman–Crippen MR) is 133 cm³/mol. The van der Waals surface area contributed by atoms with Crippen molar-refractivity contribution in [1.29, 1.82) is 0 Å². The molecule has 2 heterocycles. The van der Waals surface area contributed by atoms with Gasteiger partial charge in [-0.05, 0) is 74.8 Å². The van der Waals surface area contributed by atoms with E-state index in [1.807, 2.05) is 26.0 Å². The summed E-state index contributed by atoms with van der Waals surface area (Å²) in [4.78, 5) is 27.3. The summed E-state index contributed by atoms with van der Waals surface area (Å²) in [6.45, 7) is 4.85. The number of aromatic nitrogens is 2. The van der Waals surface area contributed by atoms with E-state index in [9.17, 15) is 14.7 Å². The number of phenols is 1. The van der Waals surface area contributed by atoms with Crippen LogP contribution < -0.4 is 10.6 Å². The summed E-state index contributed by atoms with van der Waals surface area (Å²) in [6.07, 6.45) is 4.59. The molecule has 1 aromatic carbocycles. The number of hydrogen-bond acceptors (Lipinski definition) is 6. The standard InChI is InChI=1S/C25H30N4O4S/c1-14-11-15(2)22(30)17(12-14)18-13-19(29-28-18)23(31)27-25-21(24(32)26-9-6-10-33-3)16-7-4-5-8-20(16)34-25/h11-13,30H,4-10H2,1-3H3,(H,26,32)(H,27,31)(H,28,29). The number of methoxy groups -OCH3 is 1. The summed E-state index contributed by atoms with van der Waals surface area (Å²) >= 11 is 1.47. The van der Waals surface area contributed by atoms with E-state index in [0.29, 0.717) is 35.0 Å². The number of rotatable bonds is 8. The zero-order valence-electron chi connectivity index (χ0n) is 19.7. The van der Waals surface area contributed by atoms with Crippen molar-refractivity contribution < 1.29 is 19.4 Å². The van der Waals surface area contributed by atoms with E-state index < -0.39 is 0 Å². The fourth-order valence-corrected chi connectivity index (χ4v) is 5.58. The van der Waals surface area contributed by atoms with Gasteiger partial charge in [0, 0.05) is 30.7 Å². The molecular weight excluding hydrogens is 452 g/mol. The maximum Gasteiger partial charge on any atom is 0.274 e. The van der Waals surface area contributed by atoms with Gasteiger partial charge in [0.25, 0.3) is 11.8 Å². The number of phenolic OH excluding ortho intramolecular Hbond substituents is 1. The molecule has 0 bridgehead atoms. The van der Waals surface area contributed by atoms with Gasteiger partial charge in [0.05, 0.1) is 11.3 Å². The minimum absolute atomic E-state index is 0.141. The Balaban J connectivity index is 1.57. The van der Waals surface area contributed by atoms with Crippen LogP contribution in [0.25, 0.3) is 11.3 Å². The summed E-state index contributed by atoms with van der Waals surface area (Å²) in [5.41, 5.74) is 4.65. The highest BCUT2D eigenvalue weighted by Gasteiger charge is 2.27. The molecule has 2 aromatic heterocycles. The first-order valence-corrected chi connectivity index (χ1v) is 12.3. The number of hydrogen-bond donors (Lipinski definition) is 4. The average Bonchev–Trinajstić information content (AvgIpc) is 3.44. The van der Waals surface area contributed by atoms with Crippen molar-refractivity contribution in [3.05, 3.63) is 51.0 Å². The summed E-state index contributed by atoms with van der Waals surface area (Å²) in [7, 11) is 1.63. The topological polar surface area (TPSA) is 116 Å². The summed E-state index contributed by atoms with van der Waals surface area (Å²) in [5.74, 6) is -0.409. The number of amides is 2. The molecule has 2 amide bonds. The Morgan fingerprint density at radius 2 is 1.97 bits per heavy atom. The van der Waals surface area contributed by atoms with Crippen molar-refractivity contribution in [2.75, 3.05) is 25.6 Å². The van der Waals surface area contributed by atoms with Gasteiger partial charge in [-0.2, -0.15) is 5.10 Å². The van der Waals surface area contributed by atoms with Gasteiger partial charge in [-0.1, -0.05) is 6.07 Å². The SMILES string of the molecule is COCCCNC(=O)c1c(NC(=O)c2cc(-c3cc(C)cc(C)c3O)n[nH]2)sc2c1CCCC2. The molecule has 0 unspecified atom stereocenters. The number of fused-ring (bicyclic) bond motifs is 1. The molecule has 0 saturated carbocycles. The van der Waals surface area contributed by atoms with E-state index in [4.69, 9.17) is 4.74 Å². The summed E-state index contributed by atoms with van der Waals surface area (Å²) in [6, 6.07) is 5.33. The molecule has 0 aliphatic heterocycles. The summed E-state index contributed by atoms with van der Waals surface area (Å²) in [5, 5.41) is 23.9. The third-order valence-corrected chi connectivity index (χ3v) is 7.19. The second kappa shape index (κ2) is 10.4. The van der Waals surface area contributed by atoms with Gasteiger partial charge in [0.15, 0.2) is 0 Å². The lowest BCUT2D eigenvalue weighted by Crippen LogP contribution is -2.27. The van der Waals surface area contributed by atoms with Crippen LogP contribution in [-0.4, -0.2) is 47.4 Å². The normalized spacial score (nSPS) is 12.9. The van der Waals surface area contributed by atoms with Crippen molar-refractivity contribution >= 4 is 28.2 Å². The highest BCUT2D eigenvalue weighted by molar-refractivity contribution is 7.17. The lowest BCUT2D eigenvalue weighted by molar-refractivity contribution is 0.0948. The number of aromatic hydroxyl groups is 1.